The Bertz CT molecular complexity index is 595. The Kier molecular flexibility index (Phi) is 4.07. The van der Waals surface area contributed by atoms with Gasteiger partial charge in [-0.3, -0.25) is 9.78 Å². The van der Waals surface area contributed by atoms with Gasteiger partial charge >= 0.3 is 0 Å². The van der Waals surface area contributed by atoms with Crippen LogP contribution < -0.4 is 10.2 Å². The molecule has 0 unspecified atom stereocenters. The number of hydrogen-bond donors (Lipinski definition) is 1. The van der Waals surface area contributed by atoms with Gasteiger partial charge < -0.3 is 15.0 Å². The fraction of sp³-hybridized carbons (Fsp3) is 0.267. The Morgan fingerprint density at radius 1 is 1.14 bits per heavy atom. The molecule has 0 aliphatic carbocycles. The smallest absolute Gasteiger partial charge is 0.274 e. The molecule has 1 N–H and O–H groups in total. The average molecular weight is 284 g/mol. The van der Waals surface area contributed by atoms with Gasteiger partial charge in [-0.2, -0.15) is 0 Å². The van der Waals surface area contributed by atoms with E-state index in [1.54, 1.807) is 30.6 Å². The van der Waals surface area contributed by atoms with Gasteiger partial charge in [0.15, 0.2) is 0 Å². The van der Waals surface area contributed by atoms with Crippen LogP contribution in [0.25, 0.3) is 0 Å². The number of carbonyl (C=O) groups is 1. The number of carbonyl (C=O) groups excluding carboxylic acids is 1. The molecule has 0 spiro atoms. The summed E-state index contributed by atoms with van der Waals surface area (Å²) in [7, 11) is 0. The quantitative estimate of drug-likeness (QED) is 0.926. The first-order valence-electron chi connectivity index (χ1n) is 6.84. The Labute approximate surface area is 122 Å². The molecule has 1 fully saturated rings. The van der Waals surface area contributed by atoms with Crippen LogP contribution in [-0.4, -0.2) is 42.2 Å². The van der Waals surface area contributed by atoms with Crippen LogP contribution in [0.3, 0.4) is 0 Å². The summed E-state index contributed by atoms with van der Waals surface area (Å²) in [5.41, 5.74) is 1.04. The van der Waals surface area contributed by atoms with Crippen molar-refractivity contribution >= 4 is 17.4 Å². The minimum atomic E-state index is -0.239. The number of rotatable bonds is 3. The summed E-state index contributed by atoms with van der Waals surface area (Å²) in [6.07, 6.45) is 3.25. The normalized spacial score (nSPS) is 14.8. The number of nitrogens with zero attached hydrogens (tertiary/aromatic N) is 3. The van der Waals surface area contributed by atoms with Crippen LogP contribution >= 0.6 is 0 Å². The highest BCUT2D eigenvalue weighted by atomic mass is 16.5. The van der Waals surface area contributed by atoms with E-state index in [2.05, 4.69) is 20.2 Å². The second-order valence-electron chi connectivity index (χ2n) is 4.67. The van der Waals surface area contributed by atoms with Crippen LogP contribution in [0.15, 0.2) is 42.7 Å². The molecule has 0 saturated carbocycles. The summed E-state index contributed by atoms with van der Waals surface area (Å²) in [6, 6.07) is 8.97. The first kappa shape index (κ1) is 13.5. The van der Waals surface area contributed by atoms with E-state index in [1.807, 2.05) is 12.1 Å². The Morgan fingerprint density at radius 3 is 2.67 bits per heavy atom. The molecular weight excluding hydrogens is 268 g/mol. The molecule has 1 aliphatic rings. The molecule has 3 heterocycles. The van der Waals surface area contributed by atoms with Crippen molar-refractivity contribution in [2.45, 2.75) is 0 Å². The lowest BCUT2D eigenvalue weighted by Crippen LogP contribution is -2.36. The fourth-order valence-corrected chi connectivity index (χ4v) is 2.13. The summed E-state index contributed by atoms with van der Waals surface area (Å²) < 4.78 is 5.31. The molecule has 21 heavy (non-hydrogen) atoms. The van der Waals surface area contributed by atoms with Crippen molar-refractivity contribution in [1.29, 1.82) is 0 Å². The van der Waals surface area contributed by atoms with E-state index in [4.69, 9.17) is 4.74 Å². The van der Waals surface area contributed by atoms with Crippen molar-refractivity contribution in [3.8, 4) is 0 Å². The molecule has 1 aliphatic heterocycles. The molecule has 0 atom stereocenters. The monoisotopic (exact) mass is 284 g/mol. The number of morpholine rings is 1. The Morgan fingerprint density at radius 2 is 2.00 bits per heavy atom. The standard InChI is InChI=1S/C15H16N4O2/c20-15(13-3-1-2-6-16-13)18-12-4-5-14(17-11-12)19-7-9-21-10-8-19/h1-6,11H,7-10H2,(H,18,20). The number of hydrogen-bond acceptors (Lipinski definition) is 5. The SMILES string of the molecule is O=C(Nc1ccc(N2CCOCC2)nc1)c1ccccn1. The van der Waals surface area contributed by atoms with Gasteiger partial charge in [-0.1, -0.05) is 6.07 Å². The van der Waals surface area contributed by atoms with E-state index in [-0.39, 0.29) is 5.91 Å². The lowest BCUT2D eigenvalue weighted by Gasteiger charge is -2.27. The maximum Gasteiger partial charge on any atom is 0.274 e. The van der Waals surface area contributed by atoms with Gasteiger partial charge in [0, 0.05) is 19.3 Å². The first-order chi connectivity index (χ1) is 10.3. The van der Waals surface area contributed by atoms with Crippen LogP contribution in [0.5, 0.6) is 0 Å². The Balaban J connectivity index is 1.65. The maximum absolute atomic E-state index is 12.0. The highest BCUT2D eigenvalue weighted by Gasteiger charge is 2.12. The zero-order valence-corrected chi connectivity index (χ0v) is 11.5. The minimum absolute atomic E-state index is 0.239. The Hall–Kier alpha value is -2.47. The molecule has 2 aromatic heterocycles. The van der Waals surface area contributed by atoms with Gasteiger partial charge in [-0.15, -0.1) is 0 Å². The second-order valence-corrected chi connectivity index (χ2v) is 4.67. The molecule has 1 amide bonds. The maximum atomic E-state index is 12.0. The van der Waals surface area contributed by atoms with Crippen molar-refractivity contribution in [2.24, 2.45) is 0 Å². The van der Waals surface area contributed by atoms with E-state index >= 15 is 0 Å². The molecule has 6 nitrogen and oxygen atoms in total. The van der Waals surface area contributed by atoms with Crippen molar-refractivity contribution in [2.75, 3.05) is 36.5 Å². The van der Waals surface area contributed by atoms with E-state index in [1.165, 1.54) is 0 Å². The van der Waals surface area contributed by atoms with E-state index in [0.29, 0.717) is 11.4 Å². The van der Waals surface area contributed by atoms with Crippen LogP contribution in [0.2, 0.25) is 0 Å². The van der Waals surface area contributed by atoms with Crippen LogP contribution in [0, 0.1) is 0 Å². The highest BCUT2D eigenvalue weighted by Crippen LogP contribution is 2.15. The summed E-state index contributed by atoms with van der Waals surface area (Å²) in [6.45, 7) is 3.12. The molecule has 0 bridgehead atoms. The third-order valence-electron chi connectivity index (χ3n) is 3.24. The molecule has 0 radical (unpaired) electrons. The number of pyridine rings is 2. The van der Waals surface area contributed by atoms with Gasteiger partial charge in [-0.05, 0) is 24.3 Å². The van der Waals surface area contributed by atoms with Crippen LogP contribution in [0.4, 0.5) is 11.5 Å². The zero-order chi connectivity index (χ0) is 14.5. The third-order valence-corrected chi connectivity index (χ3v) is 3.24. The fourth-order valence-electron chi connectivity index (χ4n) is 2.13. The minimum Gasteiger partial charge on any atom is -0.378 e. The number of ether oxygens (including phenoxy) is 1. The summed E-state index contributed by atoms with van der Waals surface area (Å²) >= 11 is 0. The van der Waals surface area contributed by atoms with Crippen molar-refractivity contribution in [3.63, 3.8) is 0 Å². The molecule has 6 heteroatoms. The largest absolute Gasteiger partial charge is 0.378 e. The molecule has 3 rings (SSSR count). The van der Waals surface area contributed by atoms with Gasteiger partial charge in [0.1, 0.15) is 11.5 Å². The van der Waals surface area contributed by atoms with Gasteiger partial charge in [0.25, 0.3) is 5.91 Å². The van der Waals surface area contributed by atoms with Gasteiger partial charge in [0.05, 0.1) is 25.1 Å². The predicted molar refractivity (Wildman–Crippen MR) is 79.5 cm³/mol. The van der Waals surface area contributed by atoms with Crippen LogP contribution in [-0.2, 0) is 4.74 Å². The number of amides is 1. The first-order valence-corrected chi connectivity index (χ1v) is 6.84. The van der Waals surface area contributed by atoms with Gasteiger partial charge in [0.2, 0.25) is 0 Å². The van der Waals surface area contributed by atoms with E-state index in [9.17, 15) is 4.79 Å². The average Bonchev–Trinajstić information content (AvgIpc) is 2.57. The van der Waals surface area contributed by atoms with Crippen molar-refractivity contribution < 1.29 is 9.53 Å². The molecular formula is C15H16N4O2. The lowest BCUT2D eigenvalue weighted by molar-refractivity contribution is 0.102. The topological polar surface area (TPSA) is 67.4 Å². The number of nitrogens with one attached hydrogen (secondary N) is 1. The summed E-state index contributed by atoms with van der Waals surface area (Å²) in [5.74, 6) is 0.658. The van der Waals surface area contributed by atoms with Gasteiger partial charge in [-0.25, -0.2) is 4.98 Å². The van der Waals surface area contributed by atoms with E-state index in [0.717, 1.165) is 32.1 Å². The van der Waals surface area contributed by atoms with Crippen molar-refractivity contribution in [1.82, 2.24) is 9.97 Å². The third kappa shape index (κ3) is 3.35. The molecule has 2 aromatic rings. The number of anilines is 2. The van der Waals surface area contributed by atoms with E-state index < -0.39 is 0 Å². The zero-order valence-electron chi connectivity index (χ0n) is 11.5. The molecule has 0 aromatic carbocycles. The van der Waals surface area contributed by atoms with Crippen LogP contribution in [0.1, 0.15) is 10.5 Å². The predicted octanol–water partition coefficient (Wildman–Crippen LogP) is 1.57. The van der Waals surface area contributed by atoms with Crippen molar-refractivity contribution in [3.05, 3.63) is 48.4 Å². The number of aromatic nitrogens is 2. The molecule has 1 saturated heterocycles. The second kappa shape index (κ2) is 6.32. The summed E-state index contributed by atoms with van der Waals surface area (Å²) in [5, 5.41) is 2.78. The lowest BCUT2D eigenvalue weighted by atomic mass is 10.3. The molecule has 108 valence electrons. The highest BCUT2D eigenvalue weighted by molar-refractivity contribution is 6.02. The summed E-state index contributed by atoms with van der Waals surface area (Å²) in [4.78, 5) is 22.5.